The van der Waals surface area contributed by atoms with Gasteiger partial charge in [0.15, 0.2) is 0 Å². The van der Waals surface area contributed by atoms with E-state index in [9.17, 15) is 8.78 Å². The van der Waals surface area contributed by atoms with E-state index in [0.717, 1.165) is 110 Å². The second-order valence-corrected chi connectivity index (χ2v) is 19.1. The van der Waals surface area contributed by atoms with E-state index in [1.54, 1.807) is 24.3 Å². The first-order valence-electron chi connectivity index (χ1n) is 25.3. The van der Waals surface area contributed by atoms with Crippen LogP contribution in [0.1, 0.15) is 33.4 Å². The molecule has 0 bridgehead atoms. The Bertz CT molecular complexity index is 3600. The first kappa shape index (κ1) is 47.4. The van der Waals surface area contributed by atoms with E-state index in [2.05, 4.69) is 172 Å². The fraction of sp³-hybridized carbons (Fsp3) is 0.0870. The first-order valence-corrected chi connectivity index (χ1v) is 25.3. The molecule has 11 rings (SSSR count). The number of aryl methyl sites for hydroxylation is 6. The van der Waals surface area contributed by atoms with E-state index < -0.39 is 0 Å². The van der Waals surface area contributed by atoms with Crippen LogP contribution in [-0.2, 0) is 25.7 Å². The highest BCUT2D eigenvalue weighted by molar-refractivity contribution is 5.93. The lowest BCUT2D eigenvalue weighted by atomic mass is 9.87. The molecule has 8 aromatic carbocycles. The van der Waals surface area contributed by atoms with Gasteiger partial charge in [0.1, 0.15) is 11.6 Å². The van der Waals surface area contributed by atoms with Crippen molar-refractivity contribution < 1.29 is 8.78 Å². The Labute approximate surface area is 432 Å². The van der Waals surface area contributed by atoms with E-state index in [0.29, 0.717) is 0 Å². The van der Waals surface area contributed by atoms with Crippen LogP contribution in [-0.4, -0.2) is 15.0 Å². The standard InChI is InChI=1S/C69H53F2N3/c1-46-37-67(56-29-33-61(70)34-30-56)72-43-58(46)19-17-48-39-49(18-20-59-44-73-68(38-47(59)2)57-31-35-62(71)36-32-57)41-60(40-48)63-15-9-10-16-64(63)66-45-74-69(55-13-7-4-8-14-55)42-65(66)54-27-25-53(26-28-54)52-23-21-51(22-24-52)50-11-5-3-6-12-50/h3-16,21-45H,17-20H2,1-2H3. The van der Waals surface area contributed by atoms with Gasteiger partial charge in [0.2, 0.25) is 0 Å². The predicted molar refractivity (Wildman–Crippen MR) is 300 cm³/mol. The normalized spacial score (nSPS) is 11.2. The van der Waals surface area contributed by atoms with Gasteiger partial charge < -0.3 is 0 Å². The smallest absolute Gasteiger partial charge is 0.123 e. The summed E-state index contributed by atoms with van der Waals surface area (Å²) in [6, 6.07) is 73.8. The van der Waals surface area contributed by atoms with Crippen molar-refractivity contribution in [3.8, 4) is 89.4 Å². The van der Waals surface area contributed by atoms with E-state index >= 15 is 0 Å². The van der Waals surface area contributed by atoms with Gasteiger partial charge in [0, 0.05) is 40.8 Å². The Hall–Kier alpha value is -8.93. The zero-order chi connectivity index (χ0) is 50.4. The fourth-order valence-corrected chi connectivity index (χ4v) is 9.99. The van der Waals surface area contributed by atoms with Crippen LogP contribution in [0.2, 0.25) is 0 Å². The van der Waals surface area contributed by atoms with Gasteiger partial charge in [-0.25, -0.2) is 8.78 Å². The van der Waals surface area contributed by atoms with Crippen LogP contribution in [0.4, 0.5) is 8.78 Å². The van der Waals surface area contributed by atoms with Gasteiger partial charge >= 0.3 is 0 Å². The van der Waals surface area contributed by atoms with E-state index in [1.807, 2.05) is 30.7 Å². The molecule has 0 saturated heterocycles. The maximum Gasteiger partial charge on any atom is 0.123 e. The number of pyridine rings is 3. The molecule has 0 atom stereocenters. The Kier molecular flexibility index (Phi) is 13.7. The molecule has 3 nitrogen and oxygen atoms in total. The maximum absolute atomic E-state index is 13.7. The van der Waals surface area contributed by atoms with Crippen LogP contribution >= 0.6 is 0 Å². The molecule has 0 aliphatic heterocycles. The van der Waals surface area contributed by atoms with Gasteiger partial charge in [0.05, 0.1) is 17.1 Å². The van der Waals surface area contributed by atoms with Crippen molar-refractivity contribution in [1.29, 1.82) is 0 Å². The van der Waals surface area contributed by atoms with Crippen LogP contribution in [0, 0.1) is 25.5 Å². The molecule has 0 amide bonds. The van der Waals surface area contributed by atoms with Gasteiger partial charge in [-0.15, -0.1) is 0 Å². The lowest BCUT2D eigenvalue weighted by Crippen LogP contribution is -2.01. The number of aromatic nitrogens is 3. The number of hydrogen-bond donors (Lipinski definition) is 0. The van der Waals surface area contributed by atoms with Gasteiger partial charge in [-0.1, -0.05) is 152 Å². The minimum Gasteiger partial charge on any atom is -0.256 e. The zero-order valence-corrected chi connectivity index (χ0v) is 41.4. The molecule has 0 aliphatic rings. The van der Waals surface area contributed by atoms with Crippen LogP contribution in [0.5, 0.6) is 0 Å². The van der Waals surface area contributed by atoms with Crippen molar-refractivity contribution in [1.82, 2.24) is 15.0 Å². The van der Waals surface area contributed by atoms with E-state index in [-0.39, 0.29) is 11.6 Å². The molecule has 74 heavy (non-hydrogen) atoms. The van der Waals surface area contributed by atoms with Crippen LogP contribution < -0.4 is 0 Å². The monoisotopic (exact) mass is 961 g/mol. The molecule has 0 N–H and O–H groups in total. The molecule has 5 heteroatoms. The van der Waals surface area contributed by atoms with Crippen molar-refractivity contribution >= 4 is 0 Å². The average molecular weight is 962 g/mol. The predicted octanol–water partition coefficient (Wildman–Crippen LogP) is 17.7. The molecule has 0 spiro atoms. The molecule has 3 aromatic heterocycles. The molecule has 0 fully saturated rings. The number of hydrogen-bond acceptors (Lipinski definition) is 3. The fourth-order valence-electron chi connectivity index (χ4n) is 9.99. The van der Waals surface area contributed by atoms with Crippen molar-refractivity contribution in [3.63, 3.8) is 0 Å². The Morgan fingerprint density at radius 1 is 0.284 bits per heavy atom. The van der Waals surface area contributed by atoms with Gasteiger partial charge in [-0.2, -0.15) is 0 Å². The number of halogens is 2. The highest BCUT2D eigenvalue weighted by Crippen LogP contribution is 2.41. The molecular formula is C69H53F2N3. The molecule has 11 aromatic rings. The third kappa shape index (κ3) is 10.6. The van der Waals surface area contributed by atoms with Gasteiger partial charge in [0.25, 0.3) is 0 Å². The summed E-state index contributed by atoms with van der Waals surface area (Å²) in [4.78, 5) is 14.8. The van der Waals surface area contributed by atoms with Crippen molar-refractivity contribution in [2.45, 2.75) is 39.5 Å². The summed E-state index contributed by atoms with van der Waals surface area (Å²) in [7, 11) is 0. The lowest BCUT2D eigenvalue weighted by Gasteiger charge is -2.18. The number of nitrogens with zero attached hydrogens (tertiary/aromatic N) is 3. The Balaban J connectivity index is 0.950. The highest BCUT2D eigenvalue weighted by atomic mass is 19.1. The minimum absolute atomic E-state index is 0.261. The third-order valence-corrected chi connectivity index (χ3v) is 14.2. The summed E-state index contributed by atoms with van der Waals surface area (Å²) in [5.41, 5.74) is 23.9. The summed E-state index contributed by atoms with van der Waals surface area (Å²) in [5.74, 6) is -0.522. The molecule has 0 saturated carbocycles. The third-order valence-electron chi connectivity index (χ3n) is 14.2. The summed E-state index contributed by atoms with van der Waals surface area (Å²) in [5, 5.41) is 0. The number of rotatable bonds is 14. The van der Waals surface area contributed by atoms with Crippen molar-refractivity contribution in [3.05, 3.63) is 282 Å². The second-order valence-electron chi connectivity index (χ2n) is 19.1. The summed E-state index contributed by atoms with van der Waals surface area (Å²) in [6.07, 6.45) is 9.24. The highest BCUT2D eigenvalue weighted by Gasteiger charge is 2.18. The lowest BCUT2D eigenvalue weighted by molar-refractivity contribution is 0.627. The minimum atomic E-state index is -0.261. The van der Waals surface area contributed by atoms with Crippen molar-refractivity contribution in [2.75, 3.05) is 0 Å². The van der Waals surface area contributed by atoms with Crippen LogP contribution in [0.15, 0.2) is 237 Å². The zero-order valence-electron chi connectivity index (χ0n) is 41.4. The molecule has 0 radical (unpaired) electrons. The van der Waals surface area contributed by atoms with E-state index in [4.69, 9.17) is 15.0 Å². The van der Waals surface area contributed by atoms with E-state index in [1.165, 1.54) is 63.2 Å². The average Bonchev–Trinajstić information content (AvgIpc) is 3.45. The summed E-state index contributed by atoms with van der Waals surface area (Å²) >= 11 is 0. The van der Waals surface area contributed by atoms with Gasteiger partial charge in [-0.05, 0) is 190 Å². The van der Waals surface area contributed by atoms with Crippen LogP contribution in [0.3, 0.4) is 0 Å². The molecule has 3 heterocycles. The van der Waals surface area contributed by atoms with Crippen molar-refractivity contribution in [2.24, 2.45) is 0 Å². The topological polar surface area (TPSA) is 38.7 Å². The largest absolute Gasteiger partial charge is 0.256 e. The summed E-state index contributed by atoms with van der Waals surface area (Å²) in [6.45, 7) is 4.26. The Morgan fingerprint density at radius 3 is 1.15 bits per heavy atom. The molecule has 358 valence electrons. The quantitative estimate of drug-likeness (QED) is 0.109. The number of benzene rings is 8. The molecule has 0 aliphatic carbocycles. The first-order chi connectivity index (χ1) is 36.3. The SMILES string of the molecule is Cc1cc(-c2ccc(F)cc2)ncc1CCc1cc(CCc2cnc(-c3ccc(F)cc3)cc2C)cc(-c2ccccc2-c2cnc(-c3ccccc3)cc2-c2ccc(-c3ccc(-c4ccccc4)cc3)cc2)c1. The second kappa shape index (κ2) is 21.4. The molecular weight excluding hydrogens is 909 g/mol. The summed E-state index contributed by atoms with van der Waals surface area (Å²) < 4.78 is 27.5. The maximum atomic E-state index is 13.7. The van der Waals surface area contributed by atoms with Crippen LogP contribution in [0.25, 0.3) is 89.4 Å². The molecule has 0 unspecified atom stereocenters. The van der Waals surface area contributed by atoms with Gasteiger partial charge in [-0.3, -0.25) is 15.0 Å². The Morgan fingerprint density at radius 2 is 0.662 bits per heavy atom.